The number of hydrogen-bond acceptors (Lipinski definition) is 0. The summed E-state index contributed by atoms with van der Waals surface area (Å²) in [5.41, 5.74) is 2.05. The molecule has 0 radical (unpaired) electrons. The summed E-state index contributed by atoms with van der Waals surface area (Å²) in [5.74, 6) is 2.75. The molecule has 2 saturated carbocycles. The molecule has 4 unspecified atom stereocenters. The maximum atomic E-state index is 4.19. The van der Waals surface area contributed by atoms with Crippen LogP contribution in [0.5, 0.6) is 0 Å². The Balaban J connectivity index is 2.19. The predicted octanol–water partition coefficient (Wildman–Crippen LogP) is 4.81. The number of fused-ring (bicyclic) bond motifs is 1. The summed E-state index contributed by atoms with van der Waals surface area (Å²) in [7, 11) is 0. The van der Waals surface area contributed by atoms with Gasteiger partial charge in [0, 0.05) is 0 Å². The molecule has 2 rings (SSSR count). The molecule has 2 fully saturated rings. The second-order valence-corrected chi connectivity index (χ2v) is 6.36. The van der Waals surface area contributed by atoms with Crippen LogP contribution in [0, 0.1) is 23.2 Å². The van der Waals surface area contributed by atoms with Crippen LogP contribution in [0.25, 0.3) is 0 Å². The fourth-order valence-corrected chi connectivity index (χ4v) is 4.02. The van der Waals surface area contributed by atoms with E-state index in [0.717, 1.165) is 17.8 Å². The second kappa shape index (κ2) is 3.96. The smallest absolute Gasteiger partial charge is 0.0203 e. The van der Waals surface area contributed by atoms with Crippen molar-refractivity contribution in [3.05, 3.63) is 12.2 Å². The first kappa shape index (κ1) is 11.2. The molecule has 2 aliphatic carbocycles. The fraction of sp³-hybridized carbons (Fsp3) is 0.867. The van der Waals surface area contributed by atoms with Crippen LogP contribution in [0.3, 0.4) is 0 Å². The standard InChI is InChI=1S/C15H26/c1-11(2)13-6-5-7-14-9-8-12(3)15(14,4)10-13/h12-14H,1,5-10H2,2-4H3. The van der Waals surface area contributed by atoms with Gasteiger partial charge in [0.2, 0.25) is 0 Å². The van der Waals surface area contributed by atoms with Crippen LogP contribution >= 0.6 is 0 Å². The van der Waals surface area contributed by atoms with Crippen molar-refractivity contribution in [3.8, 4) is 0 Å². The molecule has 15 heavy (non-hydrogen) atoms. The second-order valence-electron chi connectivity index (χ2n) is 6.36. The van der Waals surface area contributed by atoms with Gasteiger partial charge in [-0.05, 0) is 62.2 Å². The molecule has 0 aromatic heterocycles. The molecule has 4 atom stereocenters. The monoisotopic (exact) mass is 206 g/mol. The lowest BCUT2D eigenvalue weighted by atomic mass is 9.69. The lowest BCUT2D eigenvalue weighted by Crippen LogP contribution is -2.28. The van der Waals surface area contributed by atoms with E-state index in [0.29, 0.717) is 5.41 Å². The largest absolute Gasteiger partial charge is 0.0999 e. The molecule has 86 valence electrons. The number of allylic oxidation sites excluding steroid dienone is 1. The molecule has 0 bridgehead atoms. The third-order valence-electron chi connectivity index (χ3n) is 5.49. The zero-order valence-electron chi connectivity index (χ0n) is 10.7. The topological polar surface area (TPSA) is 0 Å². The third-order valence-corrected chi connectivity index (χ3v) is 5.49. The highest BCUT2D eigenvalue weighted by Gasteiger charge is 2.46. The minimum absolute atomic E-state index is 0.625. The lowest BCUT2D eigenvalue weighted by molar-refractivity contribution is 0.142. The van der Waals surface area contributed by atoms with Gasteiger partial charge in [-0.3, -0.25) is 0 Å². The van der Waals surface area contributed by atoms with Crippen molar-refractivity contribution in [3.63, 3.8) is 0 Å². The molecule has 0 nitrogen and oxygen atoms in total. The summed E-state index contributed by atoms with van der Waals surface area (Å²) < 4.78 is 0. The van der Waals surface area contributed by atoms with Gasteiger partial charge in [0.1, 0.15) is 0 Å². The first-order valence-corrected chi connectivity index (χ1v) is 6.69. The van der Waals surface area contributed by atoms with E-state index in [2.05, 4.69) is 27.4 Å². The summed E-state index contributed by atoms with van der Waals surface area (Å²) in [6.07, 6.45) is 8.67. The Morgan fingerprint density at radius 3 is 2.60 bits per heavy atom. The van der Waals surface area contributed by atoms with E-state index in [-0.39, 0.29) is 0 Å². The maximum Gasteiger partial charge on any atom is -0.0203 e. The lowest BCUT2D eigenvalue weighted by Gasteiger charge is -2.36. The third kappa shape index (κ3) is 1.88. The molecule has 0 saturated heterocycles. The quantitative estimate of drug-likeness (QED) is 0.540. The van der Waals surface area contributed by atoms with E-state index < -0.39 is 0 Å². The Kier molecular flexibility index (Phi) is 2.96. The summed E-state index contributed by atoms with van der Waals surface area (Å²) in [4.78, 5) is 0. The number of hydrogen-bond donors (Lipinski definition) is 0. The van der Waals surface area contributed by atoms with Gasteiger partial charge >= 0.3 is 0 Å². The summed E-state index contributed by atoms with van der Waals surface area (Å²) in [6, 6.07) is 0. The van der Waals surface area contributed by atoms with Gasteiger partial charge < -0.3 is 0 Å². The molecule has 0 N–H and O–H groups in total. The van der Waals surface area contributed by atoms with Gasteiger partial charge in [-0.25, -0.2) is 0 Å². The Labute approximate surface area is 95.1 Å². The van der Waals surface area contributed by atoms with Gasteiger partial charge in [0.25, 0.3) is 0 Å². The molecule has 0 aromatic carbocycles. The minimum Gasteiger partial charge on any atom is -0.0999 e. The van der Waals surface area contributed by atoms with E-state index in [1.807, 2.05) is 0 Å². The van der Waals surface area contributed by atoms with Crippen molar-refractivity contribution in [2.45, 2.75) is 59.3 Å². The minimum atomic E-state index is 0.625. The SMILES string of the molecule is C=C(C)C1CCCC2CCC(C)C2(C)C1. The van der Waals surface area contributed by atoms with Crippen molar-refractivity contribution < 1.29 is 0 Å². The molecule has 0 spiro atoms. The van der Waals surface area contributed by atoms with Gasteiger partial charge in [0.15, 0.2) is 0 Å². The highest BCUT2D eigenvalue weighted by atomic mass is 14.5. The molecule has 0 aliphatic heterocycles. The highest BCUT2D eigenvalue weighted by molar-refractivity contribution is 5.04. The Morgan fingerprint density at radius 1 is 1.20 bits per heavy atom. The van der Waals surface area contributed by atoms with E-state index in [4.69, 9.17) is 0 Å². The van der Waals surface area contributed by atoms with Gasteiger partial charge in [-0.1, -0.05) is 32.4 Å². The zero-order valence-corrected chi connectivity index (χ0v) is 10.7. The van der Waals surface area contributed by atoms with Crippen molar-refractivity contribution in [2.75, 3.05) is 0 Å². The Hall–Kier alpha value is -0.260. The van der Waals surface area contributed by atoms with Crippen LogP contribution in [-0.4, -0.2) is 0 Å². The van der Waals surface area contributed by atoms with E-state index >= 15 is 0 Å². The molecular formula is C15H26. The van der Waals surface area contributed by atoms with Crippen molar-refractivity contribution in [2.24, 2.45) is 23.2 Å². The average molecular weight is 206 g/mol. The van der Waals surface area contributed by atoms with Crippen LogP contribution in [-0.2, 0) is 0 Å². The van der Waals surface area contributed by atoms with Crippen LogP contribution < -0.4 is 0 Å². The van der Waals surface area contributed by atoms with Crippen molar-refractivity contribution in [1.82, 2.24) is 0 Å². The highest BCUT2D eigenvalue weighted by Crippen LogP contribution is 2.55. The molecule has 0 aromatic rings. The summed E-state index contributed by atoms with van der Waals surface area (Å²) >= 11 is 0. The fourth-order valence-electron chi connectivity index (χ4n) is 4.02. The molecular weight excluding hydrogens is 180 g/mol. The summed E-state index contributed by atoms with van der Waals surface area (Å²) in [5, 5.41) is 0. The van der Waals surface area contributed by atoms with Crippen LogP contribution in [0.1, 0.15) is 59.3 Å². The van der Waals surface area contributed by atoms with Crippen LogP contribution in [0.2, 0.25) is 0 Å². The van der Waals surface area contributed by atoms with Gasteiger partial charge in [-0.2, -0.15) is 0 Å². The van der Waals surface area contributed by atoms with Crippen LogP contribution in [0.15, 0.2) is 12.2 Å². The van der Waals surface area contributed by atoms with Crippen molar-refractivity contribution in [1.29, 1.82) is 0 Å². The predicted molar refractivity (Wildman–Crippen MR) is 66.8 cm³/mol. The van der Waals surface area contributed by atoms with Crippen molar-refractivity contribution >= 4 is 0 Å². The maximum absolute atomic E-state index is 4.19. The molecule has 0 heteroatoms. The Morgan fingerprint density at radius 2 is 1.93 bits per heavy atom. The van der Waals surface area contributed by atoms with E-state index in [9.17, 15) is 0 Å². The van der Waals surface area contributed by atoms with Crippen LogP contribution in [0.4, 0.5) is 0 Å². The Bertz CT molecular complexity index is 253. The molecule has 2 aliphatic rings. The molecule has 0 amide bonds. The first-order chi connectivity index (χ1) is 7.04. The first-order valence-electron chi connectivity index (χ1n) is 6.69. The summed E-state index contributed by atoms with van der Waals surface area (Å²) in [6.45, 7) is 11.4. The number of rotatable bonds is 1. The van der Waals surface area contributed by atoms with E-state index in [1.54, 1.807) is 0 Å². The average Bonchev–Trinajstić information content (AvgIpc) is 2.38. The van der Waals surface area contributed by atoms with Gasteiger partial charge in [0.05, 0.1) is 0 Å². The van der Waals surface area contributed by atoms with E-state index in [1.165, 1.54) is 44.1 Å². The van der Waals surface area contributed by atoms with Gasteiger partial charge in [-0.15, -0.1) is 0 Å². The zero-order chi connectivity index (χ0) is 11.1. The normalized spacial score (nSPS) is 45.9. The molecule has 0 heterocycles.